The first-order valence-electron chi connectivity index (χ1n) is 9.87. The normalized spacial score (nSPS) is 17.3. The predicted octanol–water partition coefficient (Wildman–Crippen LogP) is 4.15. The summed E-state index contributed by atoms with van der Waals surface area (Å²) in [6.07, 6.45) is 3.01. The second-order valence-corrected chi connectivity index (χ2v) is 10.4. The second kappa shape index (κ2) is 7.61. The molecule has 7 heteroatoms. The average molecular weight is 428 g/mol. The number of nitrogens with zero attached hydrogens (tertiary/aromatic N) is 2. The Labute approximate surface area is 178 Å². The van der Waals surface area contributed by atoms with E-state index < -0.39 is 11.2 Å². The summed E-state index contributed by atoms with van der Waals surface area (Å²) in [5.74, 6) is 0.205. The highest BCUT2D eigenvalue weighted by Crippen LogP contribution is 2.37. The number of aromatic nitrogens is 2. The van der Waals surface area contributed by atoms with E-state index in [1.807, 2.05) is 32.0 Å². The van der Waals surface area contributed by atoms with Crippen molar-refractivity contribution in [2.75, 3.05) is 0 Å². The highest BCUT2D eigenvalue weighted by atomic mass is 32.2. The quantitative estimate of drug-likeness (QED) is 0.501. The Morgan fingerprint density at radius 3 is 2.86 bits per heavy atom. The number of carbonyl (C=O) groups is 1. The number of primary amides is 1. The van der Waals surface area contributed by atoms with Crippen LogP contribution in [0.3, 0.4) is 0 Å². The summed E-state index contributed by atoms with van der Waals surface area (Å²) in [4.78, 5) is 32.4. The van der Waals surface area contributed by atoms with Crippen LogP contribution >= 0.6 is 23.1 Å². The zero-order valence-corrected chi connectivity index (χ0v) is 18.7. The molecular formula is C22H25N3O2S2. The third kappa shape index (κ3) is 3.62. The van der Waals surface area contributed by atoms with E-state index in [-0.39, 0.29) is 5.56 Å². The fourth-order valence-corrected chi connectivity index (χ4v) is 6.13. The van der Waals surface area contributed by atoms with Crippen LogP contribution in [-0.2, 0) is 17.6 Å². The molecule has 1 aliphatic rings. The number of benzene rings is 1. The summed E-state index contributed by atoms with van der Waals surface area (Å²) in [6, 6.07) is 6.05. The van der Waals surface area contributed by atoms with Gasteiger partial charge < -0.3 is 5.73 Å². The van der Waals surface area contributed by atoms with E-state index in [1.165, 1.54) is 22.2 Å². The third-order valence-corrected chi connectivity index (χ3v) is 7.81. The number of carbonyl (C=O) groups excluding carboxylic acids is 1. The molecule has 2 atom stereocenters. The topological polar surface area (TPSA) is 78.0 Å². The van der Waals surface area contributed by atoms with Crippen LogP contribution in [0.25, 0.3) is 15.9 Å². The summed E-state index contributed by atoms with van der Waals surface area (Å²) in [6.45, 7) is 8.00. The largest absolute Gasteiger partial charge is 0.369 e. The Hall–Kier alpha value is -2.12. The highest BCUT2D eigenvalue weighted by molar-refractivity contribution is 8.00. The first-order valence-corrected chi connectivity index (χ1v) is 11.6. The Morgan fingerprint density at radius 1 is 1.38 bits per heavy atom. The number of aryl methyl sites for hydroxylation is 3. The van der Waals surface area contributed by atoms with Gasteiger partial charge in [-0.15, -0.1) is 11.3 Å². The lowest BCUT2D eigenvalue weighted by Gasteiger charge is -2.18. The van der Waals surface area contributed by atoms with E-state index in [0.717, 1.165) is 46.3 Å². The number of thiophene rings is 1. The molecule has 0 spiro atoms. The van der Waals surface area contributed by atoms with Crippen molar-refractivity contribution in [2.45, 2.75) is 57.4 Å². The van der Waals surface area contributed by atoms with Crippen molar-refractivity contribution in [3.63, 3.8) is 0 Å². The molecule has 0 fully saturated rings. The Balaban J connectivity index is 2.02. The molecule has 0 saturated carbocycles. The Bertz CT molecular complexity index is 1180. The number of fused-ring (bicyclic) bond motifs is 3. The number of thioether (sulfide) groups is 1. The molecule has 152 valence electrons. The molecule has 0 aliphatic heterocycles. The van der Waals surface area contributed by atoms with Gasteiger partial charge in [0.25, 0.3) is 5.56 Å². The molecule has 2 heterocycles. The van der Waals surface area contributed by atoms with E-state index in [2.05, 4.69) is 6.92 Å². The van der Waals surface area contributed by atoms with Gasteiger partial charge in [-0.25, -0.2) is 4.98 Å². The smallest absolute Gasteiger partial charge is 0.267 e. The van der Waals surface area contributed by atoms with Gasteiger partial charge in [-0.05, 0) is 68.7 Å². The van der Waals surface area contributed by atoms with Crippen LogP contribution in [0.5, 0.6) is 0 Å². The molecule has 1 aromatic carbocycles. The minimum Gasteiger partial charge on any atom is -0.369 e. The third-order valence-electron chi connectivity index (χ3n) is 5.59. The molecule has 29 heavy (non-hydrogen) atoms. The second-order valence-electron chi connectivity index (χ2n) is 8.02. The fourth-order valence-electron chi connectivity index (χ4n) is 3.84. The van der Waals surface area contributed by atoms with Crippen molar-refractivity contribution in [1.29, 1.82) is 0 Å². The van der Waals surface area contributed by atoms with E-state index >= 15 is 0 Å². The molecule has 2 N–H and O–H groups in total. The lowest BCUT2D eigenvalue weighted by atomic mass is 9.89. The summed E-state index contributed by atoms with van der Waals surface area (Å²) in [5.41, 5.74) is 9.49. The lowest BCUT2D eigenvalue weighted by molar-refractivity contribution is -0.117. The van der Waals surface area contributed by atoms with Crippen LogP contribution in [0.2, 0.25) is 0 Å². The van der Waals surface area contributed by atoms with E-state index in [0.29, 0.717) is 11.1 Å². The molecule has 3 aromatic rings. The summed E-state index contributed by atoms with van der Waals surface area (Å²) < 4.78 is 1.68. The molecule has 0 radical (unpaired) electrons. The van der Waals surface area contributed by atoms with Gasteiger partial charge in [-0.3, -0.25) is 14.2 Å². The van der Waals surface area contributed by atoms with Crippen LogP contribution < -0.4 is 11.3 Å². The summed E-state index contributed by atoms with van der Waals surface area (Å²) in [7, 11) is 0. The van der Waals surface area contributed by atoms with Gasteiger partial charge in [0, 0.05) is 4.88 Å². The van der Waals surface area contributed by atoms with E-state index in [4.69, 9.17) is 10.7 Å². The predicted molar refractivity (Wildman–Crippen MR) is 120 cm³/mol. The Morgan fingerprint density at radius 2 is 2.14 bits per heavy atom. The van der Waals surface area contributed by atoms with Crippen molar-refractivity contribution >= 4 is 39.2 Å². The van der Waals surface area contributed by atoms with Crippen molar-refractivity contribution in [3.8, 4) is 5.69 Å². The maximum absolute atomic E-state index is 13.8. The monoisotopic (exact) mass is 427 g/mol. The number of hydrogen-bond donors (Lipinski definition) is 1. The van der Waals surface area contributed by atoms with Gasteiger partial charge in [-0.2, -0.15) is 0 Å². The van der Waals surface area contributed by atoms with Gasteiger partial charge in [-0.1, -0.05) is 30.8 Å². The van der Waals surface area contributed by atoms with Crippen LogP contribution in [0.15, 0.2) is 28.2 Å². The SMILES string of the molecule is Cc1ccc(C)c(-n2c(SC(C)C(N)=O)nc3sc4c(c3c2=O)CCC(C)C4)c1. The summed E-state index contributed by atoms with van der Waals surface area (Å²) in [5, 5.41) is 0.786. The molecular weight excluding hydrogens is 402 g/mol. The molecule has 4 rings (SSSR count). The number of hydrogen-bond acceptors (Lipinski definition) is 5. The van der Waals surface area contributed by atoms with Crippen molar-refractivity contribution in [2.24, 2.45) is 11.7 Å². The van der Waals surface area contributed by atoms with Crippen molar-refractivity contribution < 1.29 is 4.79 Å². The maximum Gasteiger partial charge on any atom is 0.267 e. The molecule has 5 nitrogen and oxygen atoms in total. The van der Waals surface area contributed by atoms with Crippen LogP contribution in [0, 0.1) is 19.8 Å². The molecule has 1 aliphatic carbocycles. The molecule has 2 unspecified atom stereocenters. The summed E-state index contributed by atoms with van der Waals surface area (Å²) >= 11 is 2.87. The number of amides is 1. The van der Waals surface area contributed by atoms with E-state index in [1.54, 1.807) is 22.8 Å². The minimum atomic E-state index is -0.481. The minimum absolute atomic E-state index is 0.0464. The molecule has 0 bridgehead atoms. The molecule has 2 aromatic heterocycles. The van der Waals surface area contributed by atoms with Gasteiger partial charge >= 0.3 is 0 Å². The van der Waals surface area contributed by atoms with Gasteiger partial charge in [0.15, 0.2) is 5.16 Å². The Kier molecular flexibility index (Phi) is 5.29. The first kappa shape index (κ1) is 20.2. The van der Waals surface area contributed by atoms with Crippen molar-refractivity contribution in [1.82, 2.24) is 9.55 Å². The van der Waals surface area contributed by atoms with Crippen molar-refractivity contribution in [3.05, 3.63) is 50.1 Å². The lowest BCUT2D eigenvalue weighted by Crippen LogP contribution is -2.27. The average Bonchev–Trinajstić information content (AvgIpc) is 3.01. The van der Waals surface area contributed by atoms with Crippen LogP contribution in [-0.4, -0.2) is 20.7 Å². The van der Waals surface area contributed by atoms with Crippen LogP contribution in [0.1, 0.15) is 41.8 Å². The number of nitrogens with two attached hydrogens (primary N) is 1. The first-order chi connectivity index (χ1) is 13.8. The van der Waals surface area contributed by atoms with Gasteiger partial charge in [0.2, 0.25) is 5.91 Å². The van der Waals surface area contributed by atoms with Gasteiger partial charge in [0.1, 0.15) is 4.83 Å². The van der Waals surface area contributed by atoms with Crippen LogP contribution in [0.4, 0.5) is 0 Å². The zero-order chi connectivity index (χ0) is 20.9. The fraction of sp³-hybridized carbons (Fsp3) is 0.409. The van der Waals surface area contributed by atoms with Gasteiger partial charge in [0.05, 0.1) is 16.3 Å². The zero-order valence-electron chi connectivity index (χ0n) is 17.1. The van der Waals surface area contributed by atoms with E-state index in [9.17, 15) is 9.59 Å². The number of rotatable bonds is 4. The standard InChI is InChI=1S/C22H25N3O2S2/c1-11-5-7-13(3)16(9-11)25-21(27)18-15-8-6-12(2)10-17(15)29-20(18)24-22(25)28-14(4)19(23)26/h5,7,9,12,14H,6,8,10H2,1-4H3,(H2,23,26). The highest BCUT2D eigenvalue weighted by Gasteiger charge is 2.26. The molecule has 0 saturated heterocycles. The maximum atomic E-state index is 13.8. The molecule has 1 amide bonds.